The monoisotopic (exact) mass is 364 g/mol. The molecule has 0 aromatic heterocycles. The third kappa shape index (κ3) is 6.70. The number of ether oxygens (including phenoxy) is 3. The maximum atomic E-state index is 12.3. The number of esters is 2. The van der Waals surface area contributed by atoms with Gasteiger partial charge >= 0.3 is 11.9 Å². The van der Waals surface area contributed by atoms with Gasteiger partial charge in [-0.15, -0.1) is 0 Å². The summed E-state index contributed by atoms with van der Waals surface area (Å²) in [6.07, 6.45) is -0.297. The zero-order valence-electron chi connectivity index (χ0n) is 17.2. The van der Waals surface area contributed by atoms with Crippen LogP contribution in [0.25, 0.3) is 0 Å². The maximum absolute atomic E-state index is 12.3. The quantitative estimate of drug-likeness (QED) is 0.671. The van der Waals surface area contributed by atoms with Crippen molar-refractivity contribution in [1.82, 2.24) is 0 Å². The second kappa shape index (κ2) is 9.06. The molecule has 0 aliphatic carbocycles. The van der Waals surface area contributed by atoms with Gasteiger partial charge in [0.05, 0.1) is 19.4 Å². The van der Waals surface area contributed by atoms with Crippen molar-refractivity contribution in [2.45, 2.75) is 72.5 Å². The lowest BCUT2D eigenvalue weighted by molar-refractivity contribution is -0.163. The van der Waals surface area contributed by atoms with Crippen molar-refractivity contribution in [1.29, 1.82) is 0 Å². The zero-order chi connectivity index (χ0) is 20.1. The predicted octanol–water partition coefficient (Wildman–Crippen LogP) is 4.41. The molecule has 0 radical (unpaired) electrons. The van der Waals surface area contributed by atoms with E-state index in [1.165, 1.54) is 0 Å². The second-order valence-corrected chi connectivity index (χ2v) is 7.84. The summed E-state index contributed by atoms with van der Waals surface area (Å²) in [7, 11) is 1.63. The fourth-order valence-corrected chi connectivity index (χ4v) is 2.66. The number of benzene rings is 1. The Labute approximate surface area is 157 Å². The Bertz CT molecular complexity index is 630. The molecule has 0 spiro atoms. The summed E-state index contributed by atoms with van der Waals surface area (Å²) in [4.78, 5) is 24.2. The topological polar surface area (TPSA) is 61.8 Å². The summed E-state index contributed by atoms with van der Waals surface area (Å²) < 4.78 is 16.1. The molecular weight excluding hydrogens is 332 g/mol. The molecule has 146 valence electrons. The van der Waals surface area contributed by atoms with Gasteiger partial charge in [-0.25, -0.2) is 0 Å². The summed E-state index contributed by atoms with van der Waals surface area (Å²) in [6.45, 7) is 13.0. The van der Waals surface area contributed by atoms with Crippen LogP contribution in [0.2, 0.25) is 0 Å². The van der Waals surface area contributed by atoms with Gasteiger partial charge in [0.25, 0.3) is 0 Å². The molecule has 1 aromatic carbocycles. The normalized spacial score (nSPS) is 14.9. The van der Waals surface area contributed by atoms with E-state index >= 15 is 0 Å². The minimum absolute atomic E-state index is 0.0127. The lowest BCUT2D eigenvalue weighted by Gasteiger charge is -2.24. The van der Waals surface area contributed by atoms with E-state index in [0.29, 0.717) is 0 Å². The lowest BCUT2D eigenvalue weighted by Crippen LogP contribution is -2.29. The maximum Gasteiger partial charge on any atom is 0.309 e. The Morgan fingerprint density at radius 1 is 1.12 bits per heavy atom. The van der Waals surface area contributed by atoms with Crippen LogP contribution < -0.4 is 4.74 Å². The van der Waals surface area contributed by atoms with E-state index in [4.69, 9.17) is 14.2 Å². The highest BCUT2D eigenvalue weighted by atomic mass is 16.6. The van der Waals surface area contributed by atoms with Crippen LogP contribution in [-0.2, 0) is 19.1 Å². The number of carbonyl (C=O) groups excluding carboxylic acids is 2. The number of rotatable bonds is 7. The van der Waals surface area contributed by atoms with E-state index in [2.05, 4.69) is 0 Å². The second-order valence-electron chi connectivity index (χ2n) is 7.84. The molecule has 0 heterocycles. The van der Waals surface area contributed by atoms with Gasteiger partial charge in [0.2, 0.25) is 0 Å². The molecule has 0 bridgehead atoms. The van der Waals surface area contributed by atoms with Crippen LogP contribution in [0.4, 0.5) is 0 Å². The van der Waals surface area contributed by atoms with Crippen LogP contribution in [0.5, 0.6) is 5.75 Å². The van der Waals surface area contributed by atoms with Crippen molar-refractivity contribution in [3.05, 3.63) is 29.3 Å². The standard InChI is InChI=1S/C21H32O5/c1-13-11-17(24-8)9-10-18(13)15(3)16(4)25-20(23)14(2)12-19(22)26-21(5,6)7/h9-11,14-16H,12H2,1-8H3/t14-,15-,16+/m1/s1. The molecule has 0 aliphatic heterocycles. The summed E-state index contributed by atoms with van der Waals surface area (Å²) in [5, 5.41) is 0. The third-order valence-electron chi connectivity index (χ3n) is 4.27. The van der Waals surface area contributed by atoms with Gasteiger partial charge in [-0.1, -0.05) is 19.9 Å². The molecule has 3 atom stereocenters. The Kier molecular flexibility index (Phi) is 7.67. The van der Waals surface area contributed by atoms with Gasteiger partial charge in [-0.3, -0.25) is 9.59 Å². The molecule has 0 saturated heterocycles. The Hall–Kier alpha value is -2.04. The van der Waals surface area contributed by atoms with Crippen molar-refractivity contribution in [2.24, 2.45) is 5.92 Å². The summed E-state index contributed by atoms with van der Waals surface area (Å²) >= 11 is 0. The molecule has 0 saturated carbocycles. The number of methoxy groups -OCH3 is 1. The first kappa shape index (κ1) is 22.0. The van der Waals surface area contributed by atoms with Crippen LogP contribution in [0, 0.1) is 12.8 Å². The molecular formula is C21H32O5. The molecule has 1 aromatic rings. The Morgan fingerprint density at radius 2 is 1.73 bits per heavy atom. The van der Waals surface area contributed by atoms with Crippen molar-refractivity contribution < 1.29 is 23.8 Å². The Balaban J connectivity index is 2.66. The number of hydrogen-bond acceptors (Lipinski definition) is 5. The van der Waals surface area contributed by atoms with Gasteiger partial charge in [0, 0.05) is 5.92 Å². The smallest absolute Gasteiger partial charge is 0.309 e. The van der Waals surface area contributed by atoms with E-state index < -0.39 is 17.5 Å². The van der Waals surface area contributed by atoms with Crippen molar-refractivity contribution in [2.75, 3.05) is 7.11 Å². The number of carbonyl (C=O) groups is 2. The van der Waals surface area contributed by atoms with Crippen LogP contribution in [0.1, 0.15) is 65.0 Å². The van der Waals surface area contributed by atoms with E-state index in [0.717, 1.165) is 16.9 Å². The van der Waals surface area contributed by atoms with E-state index in [1.54, 1.807) is 34.8 Å². The van der Waals surface area contributed by atoms with Crippen molar-refractivity contribution in [3.63, 3.8) is 0 Å². The van der Waals surface area contributed by atoms with E-state index in [-0.39, 0.29) is 24.4 Å². The molecule has 0 fully saturated rings. The molecule has 0 aliphatic rings. The van der Waals surface area contributed by atoms with Crippen LogP contribution in [-0.4, -0.2) is 30.8 Å². The summed E-state index contributed by atoms with van der Waals surface area (Å²) in [5.74, 6) is -0.501. The van der Waals surface area contributed by atoms with Crippen LogP contribution >= 0.6 is 0 Å². The van der Waals surface area contributed by atoms with E-state index in [9.17, 15) is 9.59 Å². The number of aryl methyl sites for hydroxylation is 1. The fraction of sp³-hybridized carbons (Fsp3) is 0.619. The molecule has 26 heavy (non-hydrogen) atoms. The minimum atomic E-state index is -0.561. The first-order valence-electron chi connectivity index (χ1n) is 9.01. The van der Waals surface area contributed by atoms with Gasteiger partial charge < -0.3 is 14.2 Å². The lowest BCUT2D eigenvalue weighted by atomic mass is 9.92. The molecule has 0 N–H and O–H groups in total. The highest BCUT2D eigenvalue weighted by Gasteiger charge is 2.26. The largest absolute Gasteiger partial charge is 0.497 e. The molecule has 5 nitrogen and oxygen atoms in total. The number of hydrogen-bond donors (Lipinski definition) is 0. The molecule has 1 rings (SSSR count). The average Bonchev–Trinajstić information content (AvgIpc) is 2.51. The van der Waals surface area contributed by atoms with Crippen LogP contribution in [0.15, 0.2) is 18.2 Å². The minimum Gasteiger partial charge on any atom is -0.497 e. The average molecular weight is 364 g/mol. The molecule has 0 unspecified atom stereocenters. The zero-order valence-corrected chi connectivity index (χ0v) is 17.2. The Morgan fingerprint density at radius 3 is 2.23 bits per heavy atom. The van der Waals surface area contributed by atoms with Gasteiger partial charge in [-0.2, -0.15) is 0 Å². The molecule has 5 heteroatoms. The molecule has 0 amide bonds. The van der Waals surface area contributed by atoms with Gasteiger partial charge in [0.15, 0.2) is 0 Å². The fourth-order valence-electron chi connectivity index (χ4n) is 2.66. The van der Waals surface area contributed by atoms with Crippen molar-refractivity contribution >= 4 is 11.9 Å². The predicted molar refractivity (Wildman–Crippen MR) is 101 cm³/mol. The first-order valence-corrected chi connectivity index (χ1v) is 9.01. The summed E-state index contributed by atoms with van der Waals surface area (Å²) in [5.41, 5.74) is 1.63. The van der Waals surface area contributed by atoms with Crippen LogP contribution in [0.3, 0.4) is 0 Å². The summed E-state index contributed by atoms with van der Waals surface area (Å²) in [6, 6.07) is 5.86. The van der Waals surface area contributed by atoms with Gasteiger partial charge in [-0.05, 0) is 57.9 Å². The highest BCUT2D eigenvalue weighted by molar-refractivity contribution is 5.80. The van der Waals surface area contributed by atoms with Crippen molar-refractivity contribution in [3.8, 4) is 5.75 Å². The first-order chi connectivity index (χ1) is 11.9. The SMILES string of the molecule is COc1ccc([C@H](C)[C@H](C)OC(=O)[C@H](C)CC(=O)OC(C)(C)C)c(C)c1. The third-order valence-corrected chi connectivity index (χ3v) is 4.27. The van der Waals surface area contributed by atoms with Gasteiger partial charge in [0.1, 0.15) is 17.5 Å². The highest BCUT2D eigenvalue weighted by Crippen LogP contribution is 2.28. The van der Waals surface area contributed by atoms with E-state index in [1.807, 2.05) is 39.0 Å².